The van der Waals surface area contributed by atoms with Gasteiger partial charge in [0, 0.05) is 60.9 Å². The van der Waals surface area contributed by atoms with E-state index in [1.807, 2.05) is 12.1 Å². The van der Waals surface area contributed by atoms with Crippen molar-refractivity contribution in [1.82, 2.24) is 19.5 Å². The summed E-state index contributed by atoms with van der Waals surface area (Å²) in [4.78, 5) is 23.6. The van der Waals surface area contributed by atoms with Gasteiger partial charge in [-0.25, -0.2) is 18.2 Å². The predicted octanol–water partition coefficient (Wildman–Crippen LogP) is 3.95. The van der Waals surface area contributed by atoms with Crippen molar-refractivity contribution in [3.05, 3.63) is 53.4 Å². The molecule has 9 nitrogen and oxygen atoms in total. The Labute approximate surface area is 209 Å². The molecule has 0 spiro atoms. The number of amides is 1. The van der Waals surface area contributed by atoms with Gasteiger partial charge in [0.1, 0.15) is 22.9 Å². The molecular formula is C25H23F3N6O3. The zero-order valence-electron chi connectivity index (χ0n) is 19.9. The van der Waals surface area contributed by atoms with Gasteiger partial charge in [0.2, 0.25) is 17.6 Å². The number of nitrogens with two attached hydrogens (primary N) is 1. The second kappa shape index (κ2) is 8.58. The van der Waals surface area contributed by atoms with Crippen LogP contribution in [0.15, 0.2) is 35.0 Å². The van der Waals surface area contributed by atoms with Crippen LogP contribution in [-0.2, 0) is 4.74 Å². The Morgan fingerprint density at radius 3 is 2.62 bits per heavy atom. The summed E-state index contributed by atoms with van der Waals surface area (Å²) in [5, 5.41) is 3.88. The molecule has 1 amide bonds. The van der Waals surface area contributed by atoms with Gasteiger partial charge in [0.25, 0.3) is 5.91 Å². The van der Waals surface area contributed by atoms with Gasteiger partial charge in [0.05, 0.1) is 13.2 Å². The fourth-order valence-electron chi connectivity index (χ4n) is 4.88. The Morgan fingerprint density at radius 2 is 1.92 bits per heavy atom. The van der Waals surface area contributed by atoms with Gasteiger partial charge < -0.3 is 19.9 Å². The third-order valence-electron chi connectivity index (χ3n) is 6.96. The van der Waals surface area contributed by atoms with Gasteiger partial charge >= 0.3 is 0 Å². The number of hydrogen-bond donors (Lipinski definition) is 1. The maximum absolute atomic E-state index is 15.1. The van der Waals surface area contributed by atoms with Crippen LogP contribution in [0.2, 0.25) is 0 Å². The highest BCUT2D eigenvalue weighted by Crippen LogP contribution is 2.48. The Kier molecular flexibility index (Phi) is 5.44. The SMILES string of the molecule is Cc1c(F)cc(-c2noc(C3CC(F)(F)C3)n2)cc1-c1nc2cc(N3CCOCC3)ccn2c1C(N)=O. The molecule has 192 valence electrons. The lowest BCUT2D eigenvalue weighted by Gasteiger charge is -2.31. The van der Waals surface area contributed by atoms with Crippen LogP contribution in [0.1, 0.15) is 40.7 Å². The van der Waals surface area contributed by atoms with E-state index in [0.29, 0.717) is 24.4 Å². The first kappa shape index (κ1) is 23.5. The number of pyridine rings is 1. The number of rotatable bonds is 5. The van der Waals surface area contributed by atoms with Crippen LogP contribution in [0.4, 0.5) is 18.9 Å². The number of ether oxygens (including phenoxy) is 1. The minimum atomic E-state index is -2.74. The average Bonchev–Trinajstić information content (AvgIpc) is 3.49. The topological polar surface area (TPSA) is 112 Å². The minimum absolute atomic E-state index is 0.0596. The highest BCUT2D eigenvalue weighted by molar-refractivity contribution is 5.99. The van der Waals surface area contributed by atoms with Crippen molar-refractivity contribution in [2.75, 3.05) is 31.2 Å². The molecule has 1 aromatic carbocycles. The maximum Gasteiger partial charge on any atom is 0.268 e. The molecule has 2 aliphatic rings. The van der Waals surface area contributed by atoms with Gasteiger partial charge in [-0.2, -0.15) is 4.98 Å². The molecule has 4 heterocycles. The zero-order chi connectivity index (χ0) is 25.9. The van der Waals surface area contributed by atoms with E-state index >= 15 is 4.39 Å². The van der Waals surface area contributed by atoms with E-state index in [9.17, 15) is 13.6 Å². The van der Waals surface area contributed by atoms with E-state index in [-0.39, 0.29) is 47.1 Å². The quantitative estimate of drug-likeness (QED) is 0.431. The Morgan fingerprint density at radius 1 is 1.16 bits per heavy atom. The standard InChI is InChI=1S/C25H23F3N6O3/c1-13-17(8-14(9-18(13)26)23-31-24(37-32-23)15-11-25(27,28)12-15)20-21(22(29)35)34-3-2-16(10-19(34)30-20)33-4-6-36-7-5-33/h2-3,8-10,15H,4-7,11-12H2,1H3,(H2,29,35). The number of morpholine rings is 1. The van der Waals surface area contributed by atoms with E-state index < -0.39 is 23.6 Å². The fraction of sp³-hybridized carbons (Fsp3) is 0.360. The lowest BCUT2D eigenvalue weighted by Crippen LogP contribution is -2.36. The van der Waals surface area contributed by atoms with Crippen molar-refractivity contribution in [2.45, 2.75) is 31.6 Å². The lowest BCUT2D eigenvalue weighted by atomic mass is 9.81. The lowest BCUT2D eigenvalue weighted by molar-refractivity contribution is -0.0925. The summed E-state index contributed by atoms with van der Waals surface area (Å²) in [5.74, 6) is -4.42. The number of primary amides is 1. The van der Waals surface area contributed by atoms with Gasteiger partial charge in [-0.15, -0.1) is 0 Å². The molecule has 3 aromatic heterocycles. The smallest absolute Gasteiger partial charge is 0.268 e. The molecule has 1 saturated carbocycles. The number of fused-ring (bicyclic) bond motifs is 1. The Bertz CT molecular complexity index is 1520. The molecule has 0 radical (unpaired) electrons. The second-order valence-electron chi connectivity index (χ2n) is 9.43. The van der Waals surface area contributed by atoms with Gasteiger partial charge in [-0.3, -0.25) is 9.20 Å². The molecule has 0 atom stereocenters. The van der Waals surface area contributed by atoms with Crippen molar-refractivity contribution in [1.29, 1.82) is 0 Å². The molecule has 2 fully saturated rings. The number of benzene rings is 1. The monoisotopic (exact) mass is 512 g/mol. The average molecular weight is 512 g/mol. The largest absolute Gasteiger partial charge is 0.378 e. The maximum atomic E-state index is 15.1. The van der Waals surface area contributed by atoms with Crippen LogP contribution < -0.4 is 10.6 Å². The Hall–Kier alpha value is -3.93. The molecule has 1 aliphatic heterocycles. The first-order valence-corrected chi connectivity index (χ1v) is 11.9. The van der Waals surface area contributed by atoms with Crippen LogP contribution in [0.5, 0.6) is 0 Å². The van der Waals surface area contributed by atoms with Crippen LogP contribution in [-0.4, -0.2) is 57.7 Å². The molecular weight excluding hydrogens is 489 g/mol. The van der Waals surface area contributed by atoms with Crippen LogP contribution >= 0.6 is 0 Å². The number of carbonyl (C=O) groups is 1. The number of anilines is 1. The highest BCUT2D eigenvalue weighted by atomic mass is 19.3. The summed E-state index contributed by atoms with van der Waals surface area (Å²) in [6.07, 6.45) is 0.988. The van der Waals surface area contributed by atoms with Gasteiger partial charge in [0.15, 0.2) is 0 Å². The first-order chi connectivity index (χ1) is 17.7. The third-order valence-corrected chi connectivity index (χ3v) is 6.96. The first-order valence-electron chi connectivity index (χ1n) is 11.9. The normalized spacial score (nSPS) is 17.8. The number of halogens is 3. The predicted molar refractivity (Wildman–Crippen MR) is 127 cm³/mol. The summed E-state index contributed by atoms with van der Waals surface area (Å²) in [6, 6.07) is 6.54. The molecule has 0 bridgehead atoms. The molecule has 6 rings (SSSR count). The molecule has 12 heteroatoms. The number of nitrogens with zero attached hydrogens (tertiary/aromatic N) is 5. The molecule has 1 saturated heterocycles. The number of alkyl halides is 2. The molecule has 37 heavy (non-hydrogen) atoms. The number of hydrogen-bond acceptors (Lipinski definition) is 7. The summed E-state index contributed by atoms with van der Waals surface area (Å²) in [7, 11) is 0. The van der Waals surface area contributed by atoms with Crippen molar-refractivity contribution in [3.8, 4) is 22.6 Å². The number of imidazole rings is 1. The number of carbonyl (C=O) groups excluding carboxylic acids is 1. The minimum Gasteiger partial charge on any atom is -0.378 e. The molecule has 1 aliphatic carbocycles. The molecule has 0 unspecified atom stereocenters. The van der Waals surface area contributed by atoms with Crippen LogP contribution in [0, 0.1) is 12.7 Å². The Balaban J connectivity index is 1.42. The van der Waals surface area contributed by atoms with Crippen molar-refractivity contribution >= 4 is 17.2 Å². The summed E-state index contributed by atoms with van der Waals surface area (Å²) in [6.45, 7) is 4.25. The summed E-state index contributed by atoms with van der Waals surface area (Å²) in [5.41, 5.74) is 8.31. The zero-order valence-corrected chi connectivity index (χ0v) is 19.9. The van der Waals surface area contributed by atoms with E-state index in [0.717, 1.165) is 18.8 Å². The van der Waals surface area contributed by atoms with Gasteiger partial charge in [-0.05, 0) is 30.7 Å². The van der Waals surface area contributed by atoms with E-state index in [1.54, 1.807) is 23.6 Å². The fourth-order valence-corrected chi connectivity index (χ4v) is 4.88. The van der Waals surface area contributed by atoms with Crippen molar-refractivity contribution in [3.63, 3.8) is 0 Å². The second-order valence-corrected chi connectivity index (χ2v) is 9.43. The number of aromatic nitrogens is 4. The van der Waals surface area contributed by atoms with Gasteiger partial charge in [-0.1, -0.05) is 5.16 Å². The molecule has 4 aromatic rings. The van der Waals surface area contributed by atoms with E-state index in [1.165, 1.54) is 6.07 Å². The van der Waals surface area contributed by atoms with E-state index in [4.69, 9.17) is 15.0 Å². The van der Waals surface area contributed by atoms with E-state index in [2.05, 4.69) is 20.0 Å². The summed E-state index contributed by atoms with van der Waals surface area (Å²) < 4.78 is 53.8. The van der Waals surface area contributed by atoms with Crippen molar-refractivity contribution < 1.29 is 27.2 Å². The summed E-state index contributed by atoms with van der Waals surface area (Å²) >= 11 is 0. The van der Waals surface area contributed by atoms with Crippen LogP contribution in [0.3, 0.4) is 0 Å². The van der Waals surface area contributed by atoms with Crippen LogP contribution in [0.25, 0.3) is 28.3 Å². The van der Waals surface area contributed by atoms with Crippen molar-refractivity contribution in [2.24, 2.45) is 5.73 Å². The highest BCUT2D eigenvalue weighted by Gasteiger charge is 2.48. The molecule has 2 N–H and O–H groups in total. The third kappa shape index (κ3) is 4.10.